The van der Waals surface area contributed by atoms with Crippen LogP contribution < -0.4 is 10.6 Å². The zero-order chi connectivity index (χ0) is 19.2. The number of nitrogens with zero attached hydrogens (tertiary/aromatic N) is 3. The smallest absolute Gasteiger partial charge is 0.191 e. The van der Waals surface area contributed by atoms with Crippen molar-refractivity contribution in [2.24, 2.45) is 4.99 Å². The average Bonchev–Trinajstić information content (AvgIpc) is 2.96. The Balaban J connectivity index is 0.00000364. The molecule has 2 aromatic rings. The van der Waals surface area contributed by atoms with Gasteiger partial charge in [0.2, 0.25) is 0 Å². The maximum absolute atomic E-state index is 5.46. The maximum atomic E-state index is 5.46. The number of aryl methyl sites for hydroxylation is 2. The van der Waals surface area contributed by atoms with Crippen LogP contribution in [-0.4, -0.2) is 41.5 Å². The molecule has 0 saturated heterocycles. The first-order chi connectivity index (χ1) is 12.4. The second-order valence-electron chi connectivity index (χ2n) is 6.98. The SMILES string of the molecule is CCNC(=NCc1ccccc1-n1nc(C)cc1C)NCC(C)(C)OC.I. The van der Waals surface area contributed by atoms with Gasteiger partial charge in [-0.25, -0.2) is 9.67 Å². The molecule has 1 aromatic heterocycles. The fourth-order valence-electron chi connectivity index (χ4n) is 2.60. The number of rotatable bonds is 7. The summed E-state index contributed by atoms with van der Waals surface area (Å²) in [6.07, 6.45) is 0. The lowest BCUT2D eigenvalue weighted by Crippen LogP contribution is -2.45. The van der Waals surface area contributed by atoms with Gasteiger partial charge in [0.05, 0.1) is 23.5 Å². The maximum Gasteiger partial charge on any atom is 0.191 e. The van der Waals surface area contributed by atoms with Crippen molar-refractivity contribution in [3.8, 4) is 5.69 Å². The molecule has 0 saturated carbocycles. The molecule has 0 bridgehead atoms. The number of guanidine groups is 1. The molecule has 0 aliphatic heterocycles. The Morgan fingerprint density at radius 2 is 1.93 bits per heavy atom. The standard InChI is InChI=1S/C20H31N5O.HI/c1-7-21-19(23-14-20(4,5)26-6)22-13-17-10-8-9-11-18(17)25-16(3)12-15(2)24-25;/h8-12H,7,13-14H2,1-6H3,(H2,21,22,23);1H. The van der Waals surface area contributed by atoms with Gasteiger partial charge in [0, 0.05) is 25.9 Å². The van der Waals surface area contributed by atoms with E-state index in [0.29, 0.717) is 13.1 Å². The van der Waals surface area contributed by atoms with Gasteiger partial charge in [0.15, 0.2) is 5.96 Å². The van der Waals surface area contributed by atoms with E-state index >= 15 is 0 Å². The first-order valence-electron chi connectivity index (χ1n) is 9.05. The molecule has 6 nitrogen and oxygen atoms in total. The lowest BCUT2D eigenvalue weighted by Gasteiger charge is -2.24. The van der Waals surface area contributed by atoms with Crippen LogP contribution in [0.1, 0.15) is 37.7 Å². The topological polar surface area (TPSA) is 63.5 Å². The molecular formula is C20H32IN5O. The molecule has 27 heavy (non-hydrogen) atoms. The highest BCUT2D eigenvalue weighted by molar-refractivity contribution is 14.0. The van der Waals surface area contributed by atoms with Crippen molar-refractivity contribution in [1.29, 1.82) is 0 Å². The Morgan fingerprint density at radius 1 is 1.22 bits per heavy atom. The molecule has 1 aromatic carbocycles. The summed E-state index contributed by atoms with van der Waals surface area (Å²) in [5, 5.41) is 11.2. The van der Waals surface area contributed by atoms with Gasteiger partial charge in [-0.05, 0) is 52.3 Å². The molecule has 0 fully saturated rings. The Hall–Kier alpha value is -1.61. The number of ether oxygens (including phenoxy) is 1. The highest BCUT2D eigenvalue weighted by Gasteiger charge is 2.16. The molecule has 2 rings (SSSR count). The van der Waals surface area contributed by atoms with Crippen LogP contribution in [0.3, 0.4) is 0 Å². The summed E-state index contributed by atoms with van der Waals surface area (Å²) >= 11 is 0. The third-order valence-corrected chi connectivity index (χ3v) is 4.22. The summed E-state index contributed by atoms with van der Waals surface area (Å²) in [7, 11) is 1.72. The summed E-state index contributed by atoms with van der Waals surface area (Å²) < 4.78 is 7.45. The molecule has 7 heteroatoms. The largest absolute Gasteiger partial charge is 0.377 e. The Kier molecular flexibility index (Phi) is 9.25. The van der Waals surface area contributed by atoms with E-state index in [9.17, 15) is 0 Å². The van der Waals surface area contributed by atoms with Crippen LogP contribution in [0.15, 0.2) is 35.3 Å². The van der Waals surface area contributed by atoms with Gasteiger partial charge < -0.3 is 15.4 Å². The number of hydrogen-bond acceptors (Lipinski definition) is 3. The van der Waals surface area contributed by atoms with Crippen LogP contribution in [0.25, 0.3) is 5.69 Å². The molecule has 0 amide bonds. The summed E-state index contributed by atoms with van der Waals surface area (Å²) in [6.45, 7) is 12.3. The first kappa shape index (κ1) is 23.4. The first-order valence-corrected chi connectivity index (χ1v) is 9.05. The van der Waals surface area contributed by atoms with Crippen molar-refractivity contribution in [3.05, 3.63) is 47.3 Å². The normalized spacial score (nSPS) is 11.9. The van der Waals surface area contributed by atoms with Crippen LogP contribution >= 0.6 is 24.0 Å². The molecule has 0 aliphatic carbocycles. The predicted octanol–water partition coefficient (Wildman–Crippen LogP) is 3.59. The van der Waals surface area contributed by atoms with E-state index in [4.69, 9.17) is 9.73 Å². The van der Waals surface area contributed by atoms with Crippen LogP contribution in [0, 0.1) is 13.8 Å². The van der Waals surface area contributed by atoms with Crippen molar-refractivity contribution in [2.75, 3.05) is 20.2 Å². The second-order valence-corrected chi connectivity index (χ2v) is 6.98. The number of aromatic nitrogens is 2. The van der Waals surface area contributed by atoms with Crippen LogP contribution in [-0.2, 0) is 11.3 Å². The lowest BCUT2D eigenvalue weighted by atomic mass is 10.1. The minimum absolute atomic E-state index is 0. The fourth-order valence-corrected chi connectivity index (χ4v) is 2.60. The van der Waals surface area contributed by atoms with Crippen LogP contribution in [0.5, 0.6) is 0 Å². The molecule has 2 N–H and O–H groups in total. The summed E-state index contributed by atoms with van der Waals surface area (Å²) in [5.74, 6) is 0.779. The van der Waals surface area contributed by atoms with Gasteiger partial charge in [-0.1, -0.05) is 18.2 Å². The molecule has 0 atom stereocenters. The van der Waals surface area contributed by atoms with Gasteiger partial charge in [-0.2, -0.15) is 5.10 Å². The van der Waals surface area contributed by atoms with E-state index in [-0.39, 0.29) is 29.6 Å². The number of nitrogens with one attached hydrogen (secondary N) is 2. The van der Waals surface area contributed by atoms with E-state index in [2.05, 4.69) is 47.8 Å². The molecule has 0 unspecified atom stereocenters. The monoisotopic (exact) mass is 485 g/mol. The van der Waals surface area contributed by atoms with E-state index in [1.54, 1.807) is 7.11 Å². The third kappa shape index (κ3) is 6.80. The zero-order valence-electron chi connectivity index (χ0n) is 17.2. The van der Waals surface area contributed by atoms with Crippen molar-refractivity contribution >= 4 is 29.9 Å². The number of benzene rings is 1. The molecule has 0 aliphatic rings. The van der Waals surface area contributed by atoms with Gasteiger partial charge in [-0.3, -0.25) is 0 Å². The van der Waals surface area contributed by atoms with Crippen molar-refractivity contribution in [2.45, 2.75) is 46.8 Å². The second kappa shape index (κ2) is 10.7. The third-order valence-electron chi connectivity index (χ3n) is 4.22. The van der Waals surface area contributed by atoms with E-state index < -0.39 is 0 Å². The number of para-hydroxylation sites is 1. The van der Waals surface area contributed by atoms with Crippen LogP contribution in [0.4, 0.5) is 0 Å². The molecule has 150 valence electrons. The zero-order valence-corrected chi connectivity index (χ0v) is 19.5. The highest BCUT2D eigenvalue weighted by Crippen LogP contribution is 2.17. The van der Waals surface area contributed by atoms with Gasteiger partial charge in [-0.15, -0.1) is 24.0 Å². The number of aliphatic imine (C=N–C) groups is 1. The van der Waals surface area contributed by atoms with E-state index in [0.717, 1.165) is 35.1 Å². The van der Waals surface area contributed by atoms with E-state index in [1.807, 2.05) is 37.6 Å². The Bertz CT molecular complexity index is 755. The predicted molar refractivity (Wildman–Crippen MR) is 122 cm³/mol. The van der Waals surface area contributed by atoms with Crippen molar-refractivity contribution < 1.29 is 4.74 Å². The lowest BCUT2D eigenvalue weighted by molar-refractivity contribution is 0.0268. The minimum atomic E-state index is -0.252. The van der Waals surface area contributed by atoms with Crippen molar-refractivity contribution in [3.63, 3.8) is 0 Å². The number of methoxy groups -OCH3 is 1. The summed E-state index contributed by atoms with van der Waals surface area (Å²) in [6, 6.07) is 10.3. The van der Waals surface area contributed by atoms with Crippen molar-refractivity contribution in [1.82, 2.24) is 20.4 Å². The fraction of sp³-hybridized carbons (Fsp3) is 0.500. The highest BCUT2D eigenvalue weighted by atomic mass is 127. The van der Waals surface area contributed by atoms with Crippen LogP contribution in [0.2, 0.25) is 0 Å². The summed E-state index contributed by atoms with van der Waals surface area (Å²) in [5.41, 5.74) is 4.07. The van der Waals surface area contributed by atoms with Gasteiger partial charge in [0.25, 0.3) is 0 Å². The number of hydrogen-bond donors (Lipinski definition) is 2. The Morgan fingerprint density at radius 3 is 2.52 bits per heavy atom. The molecule has 0 radical (unpaired) electrons. The minimum Gasteiger partial charge on any atom is -0.377 e. The quantitative estimate of drug-likeness (QED) is 0.358. The average molecular weight is 485 g/mol. The van der Waals surface area contributed by atoms with E-state index in [1.165, 1.54) is 0 Å². The molecular weight excluding hydrogens is 453 g/mol. The Labute approximate surface area is 179 Å². The molecule has 0 spiro atoms. The number of halogens is 1. The molecule has 1 heterocycles. The summed E-state index contributed by atoms with van der Waals surface area (Å²) in [4.78, 5) is 4.74. The van der Waals surface area contributed by atoms with Gasteiger partial charge >= 0.3 is 0 Å². The van der Waals surface area contributed by atoms with Gasteiger partial charge in [0.1, 0.15) is 0 Å².